The first kappa shape index (κ1) is 15.4. The Hall–Kier alpha value is -2.04. The normalized spacial score (nSPS) is 13.5. The molecule has 0 amide bonds. The molecular formula is C17H20O4. The summed E-state index contributed by atoms with van der Waals surface area (Å²) in [5.41, 5.74) is 0.0337. The van der Waals surface area contributed by atoms with Gasteiger partial charge in [0, 0.05) is 12.7 Å². The Kier molecular flexibility index (Phi) is 4.83. The highest BCUT2D eigenvalue weighted by Gasteiger charge is 2.35. The minimum Gasteiger partial charge on any atom is -0.497 e. The van der Waals surface area contributed by atoms with Crippen LogP contribution in [0.5, 0.6) is 11.5 Å². The van der Waals surface area contributed by atoms with Crippen LogP contribution in [0.4, 0.5) is 0 Å². The highest BCUT2D eigenvalue weighted by atomic mass is 16.5. The first-order chi connectivity index (χ1) is 10.2. The molecule has 4 heteroatoms. The maximum atomic E-state index is 11.2. The Labute approximate surface area is 124 Å². The maximum Gasteiger partial charge on any atom is 0.141 e. The quantitative estimate of drug-likeness (QED) is 0.887. The van der Waals surface area contributed by atoms with Gasteiger partial charge in [0.15, 0.2) is 0 Å². The van der Waals surface area contributed by atoms with Gasteiger partial charge < -0.3 is 19.3 Å². The number of ether oxygens (including phenoxy) is 3. The number of hydrogen-bond acceptors (Lipinski definition) is 4. The monoisotopic (exact) mass is 288 g/mol. The highest BCUT2D eigenvalue weighted by Crippen LogP contribution is 2.38. The zero-order chi connectivity index (χ0) is 15.3. The van der Waals surface area contributed by atoms with Gasteiger partial charge in [-0.2, -0.15) is 0 Å². The van der Waals surface area contributed by atoms with Crippen LogP contribution in [-0.2, 0) is 10.3 Å². The van der Waals surface area contributed by atoms with Crippen LogP contribution in [0.15, 0.2) is 48.5 Å². The van der Waals surface area contributed by atoms with Gasteiger partial charge in [-0.3, -0.25) is 0 Å². The standard InChI is InChI=1S/C17H20O4/c1-19-12-17(18,13-7-5-4-6-8-13)15-11-14(20-2)9-10-16(15)21-3/h4-11,18H,12H2,1-3H3. The fourth-order valence-electron chi connectivity index (χ4n) is 2.38. The van der Waals surface area contributed by atoms with E-state index < -0.39 is 5.60 Å². The van der Waals surface area contributed by atoms with Crippen LogP contribution in [0.1, 0.15) is 11.1 Å². The van der Waals surface area contributed by atoms with E-state index in [1.807, 2.05) is 30.3 Å². The molecule has 21 heavy (non-hydrogen) atoms. The summed E-state index contributed by atoms with van der Waals surface area (Å²) in [5.74, 6) is 1.23. The average molecular weight is 288 g/mol. The Morgan fingerprint density at radius 3 is 2.24 bits per heavy atom. The van der Waals surface area contributed by atoms with Crippen molar-refractivity contribution >= 4 is 0 Å². The molecule has 0 aliphatic heterocycles. The van der Waals surface area contributed by atoms with Crippen molar-refractivity contribution in [1.29, 1.82) is 0 Å². The van der Waals surface area contributed by atoms with Gasteiger partial charge >= 0.3 is 0 Å². The predicted molar refractivity (Wildman–Crippen MR) is 80.9 cm³/mol. The first-order valence-corrected chi connectivity index (χ1v) is 6.65. The van der Waals surface area contributed by atoms with Crippen LogP contribution in [0, 0.1) is 0 Å². The molecule has 0 aromatic heterocycles. The summed E-state index contributed by atoms with van der Waals surface area (Å²) in [4.78, 5) is 0. The van der Waals surface area contributed by atoms with E-state index in [0.29, 0.717) is 17.1 Å². The molecule has 4 nitrogen and oxygen atoms in total. The molecule has 112 valence electrons. The third-order valence-corrected chi connectivity index (χ3v) is 3.46. The Bertz CT molecular complexity index is 583. The van der Waals surface area contributed by atoms with E-state index >= 15 is 0 Å². The van der Waals surface area contributed by atoms with Gasteiger partial charge in [0.05, 0.1) is 20.8 Å². The van der Waals surface area contributed by atoms with E-state index in [0.717, 1.165) is 5.56 Å². The summed E-state index contributed by atoms with van der Waals surface area (Å²) in [6, 6.07) is 14.7. The van der Waals surface area contributed by atoms with Crippen molar-refractivity contribution < 1.29 is 19.3 Å². The van der Waals surface area contributed by atoms with Gasteiger partial charge in [-0.05, 0) is 23.8 Å². The molecular weight excluding hydrogens is 268 g/mol. The zero-order valence-electron chi connectivity index (χ0n) is 12.5. The van der Waals surface area contributed by atoms with Crippen LogP contribution in [0.3, 0.4) is 0 Å². The minimum atomic E-state index is -1.31. The predicted octanol–water partition coefficient (Wildman–Crippen LogP) is 2.59. The molecule has 0 saturated heterocycles. The van der Waals surface area contributed by atoms with Crippen LogP contribution >= 0.6 is 0 Å². The summed E-state index contributed by atoms with van der Waals surface area (Å²) < 4.78 is 15.9. The molecule has 0 bridgehead atoms. The second-order valence-electron chi connectivity index (χ2n) is 4.73. The number of rotatable bonds is 6. The Morgan fingerprint density at radius 1 is 0.952 bits per heavy atom. The molecule has 0 radical (unpaired) electrons. The SMILES string of the molecule is COCC(O)(c1ccccc1)c1cc(OC)ccc1OC. The van der Waals surface area contributed by atoms with Gasteiger partial charge in [0.2, 0.25) is 0 Å². The van der Waals surface area contributed by atoms with E-state index in [4.69, 9.17) is 14.2 Å². The second-order valence-corrected chi connectivity index (χ2v) is 4.73. The van der Waals surface area contributed by atoms with E-state index in [1.54, 1.807) is 39.5 Å². The van der Waals surface area contributed by atoms with Crippen LogP contribution < -0.4 is 9.47 Å². The lowest BCUT2D eigenvalue weighted by atomic mass is 9.86. The molecule has 1 N–H and O–H groups in total. The number of hydrogen-bond donors (Lipinski definition) is 1. The summed E-state index contributed by atoms with van der Waals surface area (Å²) >= 11 is 0. The molecule has 1 atom stereocenters. The Balaban J connectivity index is 2.62. The number of methoxy groups -OCH3 is 3. The lowest BCUT2D eigenvalue weighted by Crippen LogP contribution is -2.33. The molecule has 0 aliphatic carbocycles. The fraction of sp³-hybridized carbons (Fsp3) is 0.294. The lowest BCUT2D eigenvalue weighted by Gasteiger charge is -2.30. The number of aliphatic hydroxyl groups is 1. The largest absolute Gasteiger partial charge is 0.497 e. The summed E-state index contributed by atoms with van der Waals surface area (Å²) in [7, 11) is 4.72. The van der Waals surface area contributed by atoms with Crippen LogP contribution in [-0.4, -0.2) is 33.0 Å². The third kappa shape index (κ3) is 3.01. The highest BCUT2D eigenvalue weighted by molar-refractivity contribution is 5.48. The summed E-state index contributed by atoms with van der Waals surface area (Å²) in [6.45, 7) is 0.112. The molecule has 0 aliphatic rings. The molecule has 2 aromatic rings. The second kappa shape index (κ2) is 6.61. The van der Waals surface area contributed by atoms with Crippen molar-refractivity contribution in [2.24, 2.45) is 0 Å². The van der Waals surface area contributed by atoms with Gasteiger partial charge in [0.1, 0.15) is 17.1 Å². The van der Waals surface area contributed by atoms with E-state index in [2.05, 4.69) is 0 Å². The van der Waals surface area contributed by atoms with E-state index in [1.165, 1.54) is 0 Å². The van der Waals surface area contributed by atoms with Crippen molar-refractivity contribution in [3.8, 4) is 11.5 Å². The topological polar surface area (TPSA) is 47.9 Å². The third-order valence-electron chi connectivity index (χ3n) is 3.46. The molecule has 0 spiro atoms. The molecule has 1 unspecified atom stereocenters. The average Bonchev–Trinajstić information content (AvgIpc) is 2.55. The van der Waals surface area contributed by atoms with Crippen molar-refractivity contribution in [1.82, 2.24) is 0 Å². The van der Waals surface area contributed by atoms with Crippen LogP contribution in [0.25, 0.3) is 0 Å². The van der Waals surface area contributed by atoms with Gasteiger partial charge in [-0.1, -0.05) is 30.3 Å². The van der Waals surface area contributed by atoms with Crippen molar-refractivity contribution in [2.75, 3.05) is 27.9 Å². The molecule has 0 heterocycles. The molecule has 0 saturated carbocycles. The van der Waals surface area contributed by atoms with Crippen LogP contribution in [0.2, 0.25) is 0 Å². The van der Waals surface area contributed by atoms with E-state index in [-0.39, 0.29) is 6.61 Å². The molecule has 2 aromatic carbocycles. The zero-order valence-corrected chi connectivity index (χ0v) is 12.5. The van der Waals surface area contributed by atoms with E-state index in [9.17, 15) is 5.11 Å². The lowest BCUT2D eigenvalue weighted by molar-refractivity contribution is -0.00491. The summed E-state index contributed by atoms with van der Waals surface area (Å²) in [5, 5.41) is 11.2. The minimum absolute atomic E-state index is 0.112. The maximum absolute atomic E-state index is 11.2. The van der Waals surface area contributed by atoms with Crippen molar-refractivity contribution in [3.05, 3.63) is 59.7 Å². The first-order valence-electron chi connectivity index (χ1n) is 6.65. The molecule has 0 fully saturated rings. The smallest absolute Gasteiger partial charge is 0.141 e. The summed E-state index contributed by atoms with van der Waals surface area (Å²) in [6.07, 6.45) is 0. The number of benzene rings is 2. The van der Waals surface area contributed by atoms with Crippen molar-refractivity contribution in [3.63, 3.8) is 0 Å². The van der Waals surface area contributed by atoms with Crippen molar-refractivity contribution in [2.45, 2.75) is 5.60 Å². The van der Waals surface area contributed by atoms with Gasteiger partial charge in [-0.15, -0.1) is 0 Å². The molecule has 2 rings (SSSR count). The van der Waals surface area contributed by atoms with Gasteiger partial charge in [0.25, 0.3) is 0 Å². The Morgan fingerprint density at radius 2 is 1.67 bits per heavy atom. The van der Waals surface area contributed by atoms with Gasteiger partial charge in [-0.25, -0.2) is 0 Å². The fourth-order valence-corrected chi connectivity index (χ4v) is 2.38.